The summed E-state index contributed by atoms with van der Waals surface area (Å²) in [5.41, 5.74) is 1.60. The predicted molar refractivity (Wildman–Crippen MR) is 73.9 cm³/mol. The van der Waals surface area contributed by atoms with Crippen LogP contribution in [0.5, 0.6) is 0 Å². The summed E-state index contributed by atoms with van der Waals surface area (Å²) in [6.45, 7) is 6.75. The summed E-state index contributed by atoms with van der Waals surface area (Å²) in [7, 11) is 0. The molecule has 1 rings (SSSR count). The Hall–Kier alpha value is -1.88. The second-order valence-corrected chi connectivity index (χ2v) is 5.22. The van der Waals surface area contributed by atoms with Crippen molar-refractivity contribution in [3.05, 3.63) is 29.3 Å². The minimum absolute atomic E-state index is 0.241. The van der Waals surface area contributed by atoms with Gasteiger partial charge in [-0.2, -0.15) is 0 Å². The first-order chi connectivity index (χ1) is 8.76. The number of carbonyl (C=O) groups is 2. The van der Waals surface area contributed by atoms with Crippen LogP contribution in [-0.4, -0.2) is 29.1 Å². The number of nitrogens with one attached hydrogen (secondary N) is 2. The Kier molecular flexibility index (Phi) is 4.67. The first kappa shape index (κ1) is 15.2. The van der Waals surface area contributed by atoms with E-state index in [0.717, 1.165) is 11.1 Å². The Labute approximate surface area is 113 Å². The van der Waals surface area contributed by atoms with Crippen molar-refractivity contribution in [2.24, 2.45) is 0 Å². The molecule has 1 aromatic carbocycles. The van der Waals surface area contributed by atoms with Crippen LogP contribution in [0.1, 0.15) is 25.0 Å². The van der Waals surface area contributed by atoms with Gasteiger partial charge in [0.1, 0.15) is 0 Å². The average molecular weight is 264 g/mol. The highest BCUT2D eigenvalue weighted by Gasteiger charge is 2.24. The van der Waals surface area contributed by atoms with Crippen molar-refractivity contribution in [2.75, 3.05) is 11.9 Å². The summed E-state index contributed by atoms with van der Waals surface area (Å²) in [5, 5.41) is 14.1. The molecule has 0 unspecified atom stereocenters. The number of anilines is 1. The molecule has 1 aromatic rings. The molecular weight excluding hydrogens is 244 g/mol. The molecule has 0 aliphatic carbocycles. The van der Waals surface area contributed by atoms with E-state index >= 15 is 0 Å². The Morgan fingerprint density at radius 2 is 1.68 bits per heavy atom. The quantitative estimate of drug-likeness (QED) is 0.716. The van der Waals surface area contributed by atoms with Gasteiger partial charge >= 0.3 is 11.8 Å². The third-order valence-electron chi connectivity index (χ3n) is 2.77. The fraction of sp³-hybridized carbons (Fsp3) is 0.429. The molecule has 0 bridgehead atoms. The number of amides is 2. The lowest BCUT2D eigenvalue weighted by molar-refractivity contribution is -0.137. The lowest BCUT2D eigenvalue weighted by Gasteiger charge is -2.23. The van der Waals surface area contributed by atoms with Crippen LogP contribution in [0.3, 0.4) is 0 Å². The summed E-state index contributed by atoms with van der Waals surface area (Å²) in [4.78, 5) is 23.5. The van der Waals surface area contributed by atoms with Crippen molar-refractivity contribution in [1.82, 2.24) is 5.32 Å². The molecule has 0 radical (unpaired) electrons. The first-order valence-electron chi connectivity index (χ1n) is 6.07. The Morgan fingerprint density at radius 3 is 2.16 bits per heavy atom. The third-order valence-corrected chi connectivity index (χ3v) is 2.77. The molecule has 19 heavy (non-hydrogen) atoms. The number of para-hydroxylation sites is 1. The molecule has 0 fully saturated rings. The van der Waals surface area contributed by atoms with Gasteiger partial charge in [-0.1, -0.05) is 18.2 Å². The number of benzene rings is 1. The van der Waals surface area contributed by atoms with E-state index in [1.165, 1.54) is 0 Å². The Bertz CT molecular complexity index is 475. The van der Waals surface area contributed by atoms with Crippen LogP contribution in [0.25, 0.3) is 0 Å². The maximum Gasteiger partial charge on any atom is 0.313 e. The fourth-order valence-corrected chi connectivity index (χ4v) is 1.59. The first-order valence-corrected chi connectivity index (χ1v) is 6.07. The number of aliphatic hydroxyl groups excluding tert-OH is 1. The monoisotopic (exact) mass is 264 g/mol. The molecular formula is C14H20N2O3. The summed E-state index contributed by atoms with van der Waals surface area (Å²) >= 11 is 0. The van der Waals surface area contributed by atoms with Crippen LogP contribution in [0.15, 0.2) is 18.2 Å². The highest BCUT2D eigenvalue weighted by Crippen LogP contribution is 2.19. The molecule has 2 amide bonds. The number of aryl methyl sites for hydroxylation is 2. The van der Waals surface area contributed by atoms with Crippen LogP contribution >= 0.6 is 0 Å². The summed E-state index contributed by atoms with van der Waals surface area (Å²) < 4.78 is 0. The van der Waals surface area contributed by atoms with E-state index < -0.39 is 17.4 Å². The van der Waals surface area contributed by atoms with Crippen molar-refractivity contribution >= 4 is 17.5 Å². The van der Waals surface area contributed by atoms with Gasteiger partial charge in [0.2, 0.25) is 0 Å². The standard InChI is InChI=1S/C14H20N2O3/c1-9-6-5-7-10(2)11(9)15-12(18)13(19)16-14(3,4)8-17/h5-7,17H,8H2,1-4H3,(H,15,18)(H,16,19). The number of carbonyl (C=O) groups excluding carboxylic acids is 2. The van der Waals surface area contributed by atoms with Gasteiger partial charge in [-0.15, -0.1) is 0 Å². The molecule has 3 N–H and O–H groups in total. The SMILES string of the molecule is Cc1cccc(C)c1NC(=O)C(=O)NC(C)(C)CO. The summed E-state index contributed by atoms with van der Waals surface area (Å²) in [6, 6.07) is 5.60. The largest absolute Gasteiger partial charge is 0.394 e. The minimum Gasteiger partial charge on any atom is -0.394 e. The smallest absolute Gasteiger partial charge is 0.313 e. The average Bonchev–Trinajstić information content (AvgIpc) is 2.33. The van der Waals surface area contributed by atoms with Gasteiger partial charge in [0.05, 0.1) is 12.1 Å². The normalized spacial score (nSPS) is 11.0. The zero-order valence-corrected chi connectivity index (χ0v) is 11.7. The molecule has 0 saturated carbocycles. The number of hydrogen-bond acceptors (Lipinski definition) is 3. The van der Waals surface area contributed by atoms with Gasteiger partial charge in [0.15, 0.2) is 0 Å². The number of aliphatic hydroxyl groups is 1. The van der Waals surface area contributed by atoms with Gasteiger partial charge < -0.3 is 15.7 Å². The lowest BCUT2D eigenvalue weighted by Crippen LogP contribution is -2.50. The molecule has 0 aliphatic heterocycles. The van der Waals surface area contributed by atoms with E-state index in [1.807, 2.05) is 32.0 Å². The van der Waals surface area contributed by atoms with Crippen molar-refractivity contribution in [2.45, 2.75) is 33.2 Å². The second kappa shape index (κ2) is 5.84. The zero-order valence-electron chi connectivity index (χ0n) is 11.7. The highest BCUT2D eigenvalue weighted by molar-refractivity contribution is 6.40. The maximum absolute atomic E-state index is 11.8. The molecule has 5 nitrogen and oxygen atoms in total. The van der Waals surface area contributed by atoms with Crippen LogP contribution in [0, 0.1) is 13.8 Å². The van der Waals surface area contributed by atoms with Crippen molar-refractivity contribution < 1.29 is 14.7 Å². The molecule has 0 saturated heterocycles. The second-order valence-electron chi connectivity index (χ2n) is 5.22. The van der Waals surface area contributed by atoms with E-state index in [0.29, 0.717) is 5.69 Å². The van der Waals surface area contributed by atoms with Gasteiger partial charge in [-0.25, -0.2) is 0 Å². The van der Waals surface area contributed by atoms with Crippen LogP contribution in [0.2, 0.25) is 0 Å². The minimum atomic E-state index is -0.824. The lowest BCUT2D eigenvalue weighted by atomic mass is 10.1. The maximum atomic E-state index is 11.8. The van der Waals surface area contributed by atoms with Crippen LogP contribution in [0.4, 0.5) is 5.69 Å². The predicted octanol–water partition coefficient (Wildman–Crippen LogP) is 1.13. The van der Waals surface area contributed by atoms with E-state index in [4.69, 9.17) is 5.11 Å². The summed E-state index contributed by atoms with van der Waals surface area (Å²) in [5.74, 6) is -1.50. The van der Waals surface area contributed by atoms with E-state index in [9.17, 15) is 9.59 Å². The van der Waals surface area contributed by atoms with Gasteiger partial charge in [-0.3, -0.25) is 9.59 Å². The highest BCUT2D eigenvalue weighted by atomic mass is 16.3. The molecule has 0 aliphatic rings. The molecule has 0 aromatic heterocycles. The van der Waals surface area contributed by atoms with E-state index in [1.54, 1.807) is 13.8 Å². The van der Waals surface area contributed by atoms with E-state index in [-0.39, 0.29) is 6.61 Å². The molecule has 5 heteroatoms. The van der Waals surface area contributed by atoms with Crippen LogP contribution < -0.4 is 10.6 Å². The van der Waals surface area contributed by atoms with E-state index in [2.05, 4.69) is 10.6 Å². The summed E-state index contributed by atoms with van der Waals surface area (Å²) in [6.07, 6.45) is 0. The Morgan fingerprint density at radius 1 is 1.16 bits per heavy atom. The molecule has 0 spiro atoms. The van der Waals surface area contributed by atoms with Crippen molar-refractivity contribution in [3.63, 3.8) is 0 Å². The molecule has 0 atom stereocenters. The fourth-order valence-electron chi connectivity index (χ4n) is 1.59. The molecule has 0 heterocycles. The Balaban J connectivity index is 2.78. The van der Waals surface area contributed by atoms with Crippen LogP contribution in [-0.2, 0) is 9.59 Å². The third kappa shape index (κ3) is 4.06. The molecule has 104 valence electrons. The number of hydrogen-bond donors (Lipinski definition) is 3. The number of rotatable bonds is 3. The topological polar surface area (TPSA) is 78.4 Å². The van der Waals surface area contributed by atoms with Gasteiger partial charge in [0, 0.05) is 5.69 Å². The zero-order chi connectivity index (χ0) is 14.6. The van der Waals surface area contributed by atoms with Crippen molar-refractivity contribution in [3.8, 4) is 0 Å². The van der Waals surface area contributed by atoms with Crippen molar-refractivity contribution in [1.29, 1.82) is 0 Å². The van der Waals surface area contributed by atoms with Gasteiger partial charge in [-0.05, 0) is 38.8 Å². The van der Waals surface area contributed by atoms with Gasteiger partial charge in [0.25, 0.3) is 0 Å².